The molecule has 3 heterocycles. The Balaban J connectivity index is 1.39. The molecule has 2 aromatic carbocycles. The monoisotopic (exact) mass is 569 g/mol. The summed E-state index contributed by atoms with van der Waals surface area (Å²) in [5.41, 5.74) is 1.40. The van der Waals surface area contributed by atoms with Crippen LogP contribution in [0.5, 0.6) is 17.2 Å². The smallest absolute Gasteiger partial charge is 0.258 e. The van der Waals surface area contributed by atoms with E-state index in [0.717, 1.165) is 5.56 Å². The fourth-order valence-electron chi connectivity index (χ4n) is 5.51. The fraction of sp³-hybridized carbons (Fsp3) is 0.500. The number of aryl methyl sites for hydroxylation is 1. The number of nitrogens with one attached hydrogen (secondary N) is 2. The first-order chi connectivity index (χ1) is 19.9. The molecule has 3 aliphatic rings. The second-order valence-electron chi connectivity index (χ2n) is 10.6. The molecule has 2 atom stereocenters. The summed E-state index contributed by atoms with van der Waals surface area (Å²) in [6.07, 6.45) is 1.93. The number of benzene rings is 2. The van der Waals surface area contributed by atoms with Gasteiger partial charge in [0.15, 0.2) is 18.1 Å². The van der Waals surface area contributed by atoms with Crippen LogP contribution in [0.25, 0.3) is 0 Å². The Bertz CT molecular complexity index is 1270. The summed E-state index contributed by atoms with van der Waals surface area (Å²) < 4.78 is 37.4. The number of piperidine rings is 1. The van der Waals surface area contributed by atoms with Gasteiger partial charge in [0, 0.05) is 57.7 Å². The number of ether oxygens (including phenoxy) is 4. The van der Waals surface area contributed by atoms with Crippen molar-refractivity contribution < 1.29 is 37.7 Å². The molecule has 2 fully saturated rings. The molecular weight excluding hydrogens is 533 g/mol. The van der Waals surface area contributed by atoms with Gasteiger partial charge in [-0.1, -0.05) is 6.07 Å². The molecule has 0 aliphatic carbocycles. The molecule has 0 unspecified atom stereocenters. The van der Waals surface area contributed by atoms with Gasteiger partial charge in [0.25, 0.3) is 5.91 Å². The maximum Gasteiger partial charge on any atom is 0.258 e. The molecular formula is C30H36FN3O7. The molecule has 0 saturated carbocycles. The van der Waals surface area contributed by atoms with Gasteiger partial charge in [-0.25, -0.2) is 4.39 Å². The highest BCUT2D eigenvalue weighted by molar-refractivity contribution is 5.80. The lowest BCUT2D eigenvalue weighted by Gasteiger charge is -2.40. The molecule has 0 radical (unpaired) electrons. The predicted molar refractivity (Wildman–Crippen MR) is 146 cm³/mol. The minimum absolute atomic E-state index is 0.0436. The zero-order valence-corrected chi connectivity index (χ0v) is 23.2. The Morgan fingerprint density at radius 1 is 1.02 bits per heavy atom. The van der Waals surface area contributed by atoms with Gasteiger partial charge in [0.1, 0.15) is 17.7 Å². The lowest BCUT2D eigenvalue weighted by Crippen LogP contribution is -2.59. The lowest BCUT2D eigenvalue weighted by atomic mass is 9.95. The van der Waals surface area contributed by atoms with Crippen LogP contribution in [0.15, 0.2) is 36.4 Å². The Morgan fingerprint density at radius 3 is 2.66 bits per heavy atom. The van der Waals surface area contributed by atoms with Crippen molar-refractivity contribution >= 4 is 17.7 Å². The first-order valence-corrected chi connectivity index (χ1v) is 14.1. The second kappa shape index (κ2) is 13.2. The topological polar surface area (TPSA) is 115 Å². The third-order valence-electron chi connectivity index (χ3n) is 7.71. The summed E-state index contributed by atoms with van der Waals surface area (Å²) in [6, 6.07) is 9.09. The van der Waals surface area contributed by atoms with E-state index < -0.39 is 23.9 Å². The van der Waals surface area contributed by atoms with E-state index in [-0.39, 0.29) is 43.8 Å². The number of carbonyl (C=O) groups excluding carboxylic acids is 3. The number of hydrogen-bond donors (Lipinski definition) is 2. The van der Waals surface area contributed by atoms with Gasteiger partial charge < -0.3 is 34.5 Å². The molecule has 0 spiro atoms. The number of amides is 3. The van der Waals surface area contributed by atoms with Crippen LogP contribution in [0.4, 0.5) is 4.39 Å². The fourth-order valence-corrected chi connectivity index (χ4v) is 5.51. The number of rotatable bonds is 2. The van der Waals surface area contributed by atoms with Gasteiger partial charge in [-0.15, -0.1) is 0 Å². The number of hydrogen-bond acceptors (Lipinski definition) is 7. The molecule has 11 heteroatoms. The van der Waals surface area contributed by atoms with Crippen molar-refractivity contribution in [3.05, 3.63) is 53.3 Å². The summed E-state index contributed by atoms with van der Waals surface area (Å²) in [4.78, 5) is 40.7. The van der Waals surface area contributed by atoms with Crippen LogP contribution >= 0.6 is 0 Å². The molecule has 0 aromatic heterocycles. The quantitative estimate of drug-likeness (QED) is 0.571. The molecule has 220 valence electrons. The Morgan fingerprint density at radius 2 is 1.85 bits per heavy atom. The average Bonchev–Trinajstić information content (AvgIpc) is 2.98. The normalized spacial score (nSPS) is 22.5. The number of halogens is 1. The van der Waals surface area contributed by atoms with Crippen molar-refractivity contribution in [2.45, 2.75) is 50.8 Å². The van der Waals surface area contributed by atoms with Crippen molar-refractivity contribution in [2.24, 2.45) is 5.92 Å². The summed E-state index contributed by atoms with van der Waals surface area (Å²) in [6.45, 7) is 1.67. The molecule has 5 rings (SSSR count). The van der Waals surface area contributed by atoms with E-state index in [2.05, 4.69) is 10.6 Å². The van der Waals surface area contributed by atoms with Crippen molar-refractivity contribution in [3.63, 3.8) is 0 Å². The summed E-state index contributed by atoms with van der Waals surface area (Å²) in [5, 5.41) is 5.82. The minimum atomic E-state index is -0.554. The van der Waals surface area contributed by atoms with Gasteiger partial charge in [-0.3, -0.25) is 14.4 Å². The van der Waals surface area contributed by atoms with E-state index in [1.165, 1.54) is 19.2 Å². The molecule has 2 saturated heterocycles. The van der Waals surface area contributed by atoms with E-state index in [1.807, 2.05) is 6.07 Å². The van der Waals surface area contributed by atoms with E-state index >= 15 is 0 Å². The zero-order valence-electron chi connectivity index (χ0n) is 23.2. The number of nitrogens with zero attached hydrogens (tertiary/aromatic N) is 1. The maximum absolute atomic E-state index is 14.5. The maximum atomic E-state index is 14.5. The molecule has 10 nitrogen and oxygen atoms in total. The lowest BCUT2D eigenvalue weighted by molar-refractivity contribution is -0.142. The van der Waals surface area contributed by atoms with Gasteiger partial charge in [0.2, 0.25) is 11.8 Å². The highest BCUT2D eigenvalue weighted by Gasteiger charge is 2.36. The Hall–Kier alpha value is -3.86. The first kappa shape index (κ1) is 28.7. The third kappa shape index (κ3) is 7.46. The minimum Gasteiger partial charge on any atom is -0.493 e. The summed E-state index contributed by atoms with van der Waals surface area (Å²) >= 11 is 0. The van der Waals surface area contributed by atoms with Crippen molar-refractivity contribution in [1.29, 1.82) is 0 Å². The predicted octanol–water partition coefficient (Wildman–Crippen LogP) is 2.37. The standard InChI is InChI=1S/C30H36FN3O7/c1-38-26-4-2-19-3-5-28(35)32-16-20-12-22(31)15-23(13-20)41-25-6-9-34(30(37)21-7-10-39-11-8-21)17-24(25)33-29(36)18-40-27(26)14-19/h2,4,12-15,21,24-25H,3,5-11,16-18H2,1H3,(H,32,35)(H,33,36)/t24-,25-/m1/s1. The van der Waals surface area contributed by atoms with Gasteiger partial charge in [-0.05, 0) is 54.7 Å². The van der Waals surface area contributed by atoms with Crippen LogP contribution in [0.3, 0.4) is 0 Å². The van der Waals surface area contributed by atoms with E-state index in [9.17, 15) is 18.8 Å². The number of methoxy groups -OCH3 is 1. The van der Waals surface area contributed by atoms with E-state index in [0.29, 0.717) is 68.3 Å². The van der Waals surface area contributed by atoms with Gasteiger partial charge in [0.05, 0.1) is 13.2 Å². The number of fused-ring (bicyclic) bond motifs is 5. The molecule has 2 aromatic rings. The van der Waals surface area contributed by atoms with Crippen molar-refractivity contribution in [3.8, 4) is 17.2 Å². The van der Waals surface area contributed by atoms with Crippen LogP contribution in [-0.4, -0.2) is 74.8 Å². The van der Waals surface area contributed by atoms with Crippen LogP contribution in [0.2, 0.25) is 0 Å². The van der Waals surface area contributed by atoms with E-state index in [4.69, 9.17) is 18.9 Å². The van der Waals surface area contributed by atoms with Crippen molar-refractivity contribution in [2.75, 3.05) is 40.0 Å². The second-order valence-corrected chi connectivity index (χ2v) is 10.6. The van der Waals surface area contributed by atoms with E-state index in [1.54, 1.807) is 23.1 Å². The molecule has 2 N–H and O–H groups in total. The molecule has 3 amide bonds. The number of carbonyl (C=O) groups is 3. The summed E-state index contributed by atoms with van der Waals surface area (Å²) in [5.74, 6) is 0.0111. The summed E-state index contributed by atoms with van der Waals surface area (Å²) in [7, 11) is 1.51. The Kier molecular flexibility index (Phi) is 9.23. The highest BCUT2D eigenvalue weighted by atomic mass is 19.1. The van der Waals surface area contributed by atoms with Crippen LogP contribution in [0, 0.1) is 11.7 Å². The largest absolute Gasteiger partial charge is 0.493 e. The zero-order chi connectivity index (χ0) is 28.8. The van der Waals surface area contributed by atoms with Crippen LogP contribution in [0.1, 0.15) is 36.8 Å². The highest BCUT2D eigenvalue weighted by Crippen LogP contribution is 2.29. The van der Waals surface area contributed by atoms with Crippen LogP contribution in [-0.2, 0) is 32.1 Å². The van der Waals surface area contributed by atoms with Crippen LogP contribution < -0.4 is 24.8 Å². The molecule has 3 aliphatic heterocycles. The van der Waals surface area contributed by atoms with Crippen molar-refractivity contribution in [1.82, 2.24) is 15.5 Å². The van der Waals surface area contributed by atoms with Gasteiger partial charge in [-0.2, -0.15) is 0 Å². The average molecular weight is 570 g/mol. The van der Waals surface area contributed by atoms with Gasteiger partial charge >= 0.3 is 0 Å². The number of likely N-dealkylation sites (tertiary alicyclic amines) is 1. The SMILES string of the molecule is COc1ccc2cc1OCC(=O)N[C@@H]1CN(C(=O)C3CCOCC3)CC[C@H]1Oc1cc(F)cc(c1)CNC(=O)CC2. The third-order valence-corrected chi connectivity index (χ3v) is 7.71. The Labute approximate surface area is 238 Å². The molecule has 4 bridgehead atoms. The molecule has 41 heavy (non-hydrogen) atoms. The first-order valence-electron chi connectivity index (χ1n) is 14.1.